The van der Waals surface area contributed by atoms with Gasteiger partial charge in [0.15, 0.2) is 0 Å². The first-order valence-corrected chi connectivity index (χ1v) is 9.52. The third-order valence-corrected chi connectivity index (χ3v) is 5.24. The third-order valence-electron chi connectivity index (χ3n) is 4.46. The van der Waals surface area contributed by atoms with E-state index in [0.717, 1.165) is 79.0 Å². The molecule has 0 aromatic heterocycles. The molecule has 0 heterocycles. The predicted octanol–water partition coefficient (Wildman–Crippen LogP) is 6.87. The molecule has 1 aromatic carbocycles. The predicted molar refractivity (Wildman–Crippen MR) is 100.0 cm³/mol. The van der Waals surface area contributed by atoms with Crippen molar-refractivity contribution in [2.75, 3.05) is 0 Å². The summed E-state index contributed by atoms with van der Waals surface area (Å²) in [6.07, 6.45) is 9.70. The highest BCUT2D eigenvalue weighted by molar-refractivity contribution is 6.36. The van der Waals surface area contributed by atoms with E-state index < -0.39 is 0 Å². The molecule has 0 aliphatic carbocycles. The van der Waals surface area contributed by atoms with Crippen LogP contribution in [0.15, 0.2) is 12.1 Å². The molecule has 0 atom stereocenters. The maximum absolute atomic E-state index is 6.81. The maximum atomic E-state index is 6.81. The fraction of sp³-hybridized carbons (Fsp3) is 0.684. The van der Waals surface area contributed by atoms with Crippen molar-refractivity contribution >= 4 is 23.2 Å². The Morgan fingerprint density at radius 2 is 1.45 bits per heavy atom. The summed E-state index contributed by atoms with van der Waals surface area (Å²) >= 11 is 13.1. The van der Waals surface area contributed by atoms with Gasteiger partial charge in [-0.3, -0.25) is 0 Å². The van der Waals surface area contributed by atoms with Gasteiger partial charge >= 0.3 is 0 Å². The van der Waals surface area contributed by atoms with Crippen molar-refractivity contribution in [1.82, 2.24) is 0 Å². The second-order valence-electron chi connectivity index (χ2n) is 6.35. The number of benzene rings is 1. The number of halogens is 2. The molecule has 3 heteroatoms. The molecular weight excluding hydrogens is 313 g/mol. The average molecular weight is 344 g/mol. The molecule has 1 nitrogen and oxygen atoms in total. The minimum absolute atomic E-state index is 0.325. The van der Waals surface area contributed by atoms with E-state index in [0.29, 0.717) is 0 Å². The van der Waals surface area contributed by atoms with Crippen LogP contribution in [0.1, 0.15) is 83.3 Å². The van der Waals surface area contributed by atoms with Gasteiger partial charge in [-0.15, -0.1) is 0 Å². The largest absolute Gasteiger partial charge is 0.321 e. The van der Waals surface area contributed by atoms with E-state index in [1.54, 1.807) is 0 Å². The van der Waals surface area contributed by atoms with Gasteiger partial charge in [0.05, 0.1) is 5.02 Å². The van der Waals surface area contributed by atoms with E-state index in [1.807, 2.05) is 12.1 Å². The molecule has 0 radical (unpaired) electrons. The number of hydrogen-bond donors (Lipinski definition) is 1. The molecule has 126 valence electrons. The molecule has 0 spiro atoms. The van der Waals surface area contributed by atoms with Crippen LogP contribution < -0.4 is 5.73 Å². The number of nitrogens with two attached hydrogens (primary N) is 1. The first-order chi connectivity index (χ1) is 10.5. The summed E-state index contributed by atoms with van der Waals surface area (Å²) in [4.78, 5) is 0. The Morgan fingerprint density at radius 1 is 0.909 bits per heavy atom. The molecule has 0 saturated heterocycles. The Hall–Kier alpha value is -0.240. The van der Waals surface area contributed by atoms with Crippen LogP contribution in [0.3, 0.4) is 0 Å². The molecule has 1 aromatic rings. The Morgan fingerprint density at radius 3 is 1.95 bits per heavy atom. The van der Waals surface area contributed by atoms with Gasteiger partial charge in [-0.2, -0.15) is 0 Å². The summed E-state index contributed by atoms with van der Waals surface area (Å²) in [7, 11) is 0. The Labute approximate surface area is 146 Å². The van der Waals surface area contributed by atoms with Crippen molar-refractivity contribution in [2.24, 2.45) is 5.73 Å². The summed E-state index contributed by atoms with van der Waals surface area (Å²) < 4.78 is 0. The minimum Gasteiger partial charge on any atom is -0.321 e. The molecule has 0 fully saturated rings. The lowest BCUT2D eigenvalue weighted by Crippen LogP contribution is -2.37. The van der Waals surface area contributed by atoms with Gasteiger partial charge in [0, 0.05) is 10.6 Å². The highest BCUT2D eigenvalue weighted by Gasteiger charge is 2.29. The molecule has 0 amide bonds. The lowest BCUT2D eigenvalue weighted by molar-refractivity contribution is 0.353. The third kappa shape index (κ3) is 5.15. The zero-order chi connectivity index (χ0) is 16.6. The lowest BCUT2D eigenvalue weighted by atomic mass is 9.80. The van der Waals surface area contributed by atoms with Crippen molar-refractivity contribution in [3.63, 3.8) is 0 Å². The SMILES string of the molecule is CCCCc1c(Cl)ccc(C(N)(CCCC)CCCC)c1Cl. The highest BCUT2D eigenvalue weighted by Crippen LogP contribution is 2.39. The normalized spacial score (nSPS) is 11.9. The molecule has 0 saturated carbocycles. The summed E-state index contributed by atoms with van der Waals surface area (Å²) in [5, 5.41) is 1.58. The highest BCUT2D eigenvalue weighted by atomic mass is 35.5. The van der Waals surface area contributed by atoms with Gasteiger partial charge < -0.3 is 5.73 Å². The summed E-state index contributed by atoms with van der Waals surface area (Å²) in [5.41, 5.74) is 8.65. The van der Waals surface area contributed by atoms with E-state index >= 15 is 0 Å². The first kappa shape index (κ1) is 19.8. The van der Waals surface area contributed by atoms with Crippen LogP contribution in [0.5, 0.6) is 0 Å². The topological polar surface area (TPSA) is 26.0 Å². The van der Waals surface area contributed by atoms with E-state index in [1.165, 1.54) is 0 Å². The van der Waals surface area contributed by atoms with Gasteiger partial charge in [-0.1, -0.05) is 82.1 Å². The quantitative estimate of drug-likeness (QED) is 0.492. The van der Waals surface area contributed by atoms with E-state index in [9.17, 15) is 0 Å². The molecule has 0 aliphatic heterocycles. The van der Waals surface area contributed by atoms with Crippen LogP contribution in [0.25, 0.3) is 0 Å². The second kappa shape index (κ2) is 9.80. The van der Waals surface area contributed by atoms with Crippen LogP contribution in [-0.4, -0.2) is 0 Å². The van der Waals surface area contributed by atoms with Gasteiger partial charge in [0.1, 0.15) is 0 Å². The fourth-order valence-electron chi connectivity index (χ4n) is 2.94. The molecule has 2 N–H and O–H groups in total. The van der Waals surface area contributed by atoms with Gasteiger partial charge in [-0.05, 0) is 42.9 Å². The summed E-state index contributed by atoms with van der Waals surface area (Å²) in [5.74, 6) is 0. The van der Waals surface area contributed by atoms with Crippen LogP contribution in [0, 0.1) is 0 Å². The molecule has 0 unspecified atom stereocenters. The van der Waals surface area contributed by atoms with Crippen molar-refractivity contribution in [3.05, 3.63) is 33.3 Å². The van der Waals surface area contributed by atoms with Gasteiger partial charge in [-0.25, -0.2) is 0 Å². The van der Waals surface area contributed by atoms with E-state index in [-0.39, 0.29) is 5.54 Å². The Kier molecular flexibility index (Phi) is 8.82. The van der Waals surface area contributed by atoms with Crippen LogP contribution in [-0.2, 0) is 12.0 Å². The van der Waals surface area contributed by atoms with Gasteiger partial charge in [0.2, 0.25) is 0 Å². The average Bonchev–Trinajstić information content (AvgIpc) is 2.51. The summed E-state index contributed by atoms with van der Waals surface area (Å²) in [6.45, 7) is 6.59. The minimum atomic E-state index is -0.325. The molecule has 0 aliphatic rings. The maximum Gasteiger partial charge on any atom is 0.0503 e. The second-order valence-corrected chi connectivity index (χ2v) is 7.14. The zero-order valence-electron chi connectivity index (χ0n) is 14.4. The van der Waals surface area contributed by atoms with E-state index in [2.05, 4.69) is 20.8 Å². The Balaban J connectivity index is 3.17. The number of hydrogen-bond acceptors (Lipinski definition) is 1. The van der Waals surface area contributed by atoms with E-state index in [4.69, 9.17) is 28.9 Å². The van der Waals surface area contributed by atoms with Crippen LogP contribution in [0.2, 0.25) is 10.0 Å². The molecular formula is C19H31Cl2N. The van der Waals surface area contributed by atoms with Crippen LogP contribution >= 0.6 is 23.2 Å². The fourth-order valence-corrected chi connectivity index (χ4v) is 3.69. The summed E-state index contributed by atoms with van der Waals surface area (Å²) in [6, 6.07) is 4.03. The van der Waals surface area contributed by atoms with Crippen LogP contribution in [0.4, 0.5) is 0 Å². The molecule has 1 rings (SSSR count). The van der Waals surface area contributed by atoms with Gasteiger partial charge in [0.25, 0.3) is 0 Å². The Bertz CT molecular complexity index is 449. The van der Waals surface area contributed by atoms with Crippen molar-refractivity contribution in [3.8, 4) is 0 Å². The van der Waals surface area contributed by atoms with Crippen molar-refractivity contribution < 1.29 is 0 Å². The molecule has 22 heavy (non-hydrogen) atoms. The van der Waals surface area contributed by atoms with Crippen molar-refractivity contribution in [1.29, 1.82) is 0 Å². The van der Waals surface area contributed by atoms with Crippen molar-refractivity contribution in [2.45, 2.75) is 84.1 Å². The zero-order valence-corrected chi connectivity index (χ0v) is 15.9. The number of rotatable bonds is 10. The first-order valence-electron chi connectivity index (χ1n) is 8.76. The number of unbranched alkanes of at least 4 members (excludes halogenated alkanes) is 3. The smallest absolute Gasteiger partial charge is 0.0503 e. The molecule has 0 bridgehead atoms. The lowest BCUT2D eigenvalue weighted by Gasteiger charge is -2.32. The standard InChI is InChI=1S/C19H31Cl2N/c1-4-7-10-15-17(20)12-11-16(18(15)21)19(22,13-8-5-2)14-9-6-3/h11-12H,4-10,13-14,22H2,1-3H3. The monoisotopic (exact) mass is 343 g/mol.